The van der Waals surface area contributed by atoms with Crippen LogP contribution in [0.2, 0.25) is 10.0 Å². The maximum absolute atomic E-state index is 11.9. The Bertz CT molecular complexity index is 638. The number of carbonyl (C=O) groups is 2. The van der Waals surface area contributed by atoms with Gasteiger partial charge < -0.3 is 4.74 Å². The van der Waals surface area contributed by atoms with Gasteiger partial charge in [-0.05, 0) is 30.3 Å². The van der Waals surface area contributed by atoms with E-state index in [4.69, 9.17) is 27.9 Å². The molecular formula is C14H8Cl2O3. The Morgan fingerprint density at radius 1 is 1.05 bits per heavy atom. The van der Waals surface area contributed by atoms with Crippen molar-refractivity contribution in [3.8, 4) is 5.75 Å². The van der Waals surface area contributed by atoms with Crippen LogP contribution in [0.25, 0.3) is 0 Å². The predicted octanol–water partition coefficient (Wildman–Crippen LogP) is 4.03. The highest BCUT2D eigenvalue weighted by molar-refractivity contribution is 6.42. The van der Waals surface area contributed by atoms with Gasteiger partial charge >= 0.3 is 5.97 Å². The number of benzene rings is 2. The van der Waals surface area contributed by atoms with E-state index in [9.17, 15) is 9.59 Å². The van der Waals surface area contributed by atoms with Crippen LogP contribution in [0.15, 0.2) is 42.5 Å². The van der Waals surface area contributed by atoms with Gasteiger partial charge in [0.2, 0.25) is 0 Å². The first-order valence-electron chi connectivity index (χ1n) is 5.33. The molecule has 0 fully saturated rings. The summed E-state index contributed by atoms with van der Waals surface area (Å²) >= 11 is 11.6. The van der Waals surface area contributed by atoms with Gasteiger partial charge in [0.25, 0.3) is 0 Å². The van der Waals surface area contributed by atoms with E-state index in [-0.39, 0.29) is 16.3 Å². The summed E-state index contributed by atoms with van der Waals surface area (Å²) in [6.45, 7) is 0. The number of halogens is 2. The van der Waals surface area contributed by atoms with Crippen molar-refractivity contribution >= 4 is 35.5 Å². The van der Waals surface area contributed by atoms with Crippen molar-refractivity contribution in [3.63, 3.8) is 0 Å². The summed E-state index contributed by atoms with van der Waals surface area (Å²) < 4.78 is 5.15. The average molecular weight is 295 g/mol. The molecule has 0 aliphatic carbocycles. The minimum atomic E-state index is -0.604. The standard InChI is InChI=1S/C14H8Cl2O3/c15-11-6-5-9(7-12(11)16)14(18)19-13-4-2-1-3-10(13)8-17/h1-8H. The Hall–Kier alpha value is -1.84. The molecule has 0 saturated carbocycles. The van der Waals surface area contributed by atoms with E-state index in [1.165, 1.54) is 18.2 Å². The number of rotatable bonds is 3. The second-order valence-corrected chi connectivity index (χ2v) is 4.49. The van der Waals surface area contributed by atoms with E-state index >= 15 is 0 Å². The lowest BCUT2D eigenvalue weighted by Crippen LogP contribution is -2.09. The molecule has 0 aliphatic rings. The largest absolute Gasteiger partial charge is 0.422 e. The Morgan fingerprint density at radius 2 is 1.79 bits per heavy atom. The zero-order valence-electron chi connectivity index (χ0n) is 9.60. The lowest BCUT2D eigenvalue weighted by molar-refractivity contribution is 0.0733. The maximum atomic E-state index is 11.9. The topological polar surface area (TPSA) is 43.4 Å². The van der Waals surface area contributed by atoms with Gasteiger partial charge in [-0.15, -0.1) is 0 Å². The number of ether oxygens (including phenoxy) is 1. The number of carbonyl (C=O) groups excluding carboxylic acids is 2. The van der Waals surface area contributed by atoms with E-state index in [0.717, 1.165) is 0 Å². The molecule has 5 heteroatoms. The first-order valence-corrected chi connectivity index (χ1v) is 6.09. The van der Waals surface area contributed by atoms with Gasteiger partial charge in [-0.25, -0.2) is 4.79 Å². The molecule has 0 atom stereocenters. The Kier molecular flexibility index (Phi) is 4.20. The number of hydrogen-bond donors (Lipinski definition) is 0. The highest BCUT2D eigenvalue weighted by Crippen LogP contribution is 2.24. The van der Waals surface area contributed by atoms with Crippen LogP contribution in [0.3, 0.4) is 0 Å². The zero-order valence-corrected chi connectivity index (χ0v) is 11.1. The monoisotopic (exact) mass is 294 g/mol. The molecule has 0 aromatic heterocycles. The van der Waals surface area contributed by atoms with Crippen molar-refractivity contribution in [3.05, 3.63) is 63.6 Å². The summed E-state index contributed by atoms with van der Waals surface area (Å²) in [6, 6.07) is 10.9. The quantitative estimate of drug-likeness (QED) is 0.488. The number of aldehydes is 1. The first kappa shape index (κ1) is 13.6. The maximum Gasteiger partial charge on any atom is 0.343 e. The van der Waals surface area contributed by atoms with Gasteiger partial charge in [-0.2, -0.15) is 0 Å². The molecule has 0 spiro atoms. The Labute approximate surface area is 119 Å². The van der Waals surface area contributed by atoms with Crippen LogP contribution in [0.4, 0.5) is 0 Å². The van der Waals surface area contributed by atoms with Gasteiger partial charge in [0, 0.05) is 0 Å². The van der Waals surface area contributed by atoms with E-state index < -0.39 is 5.97 Å². The lowest BCUT2D eigenvalue weighted by Gasteiger charge is -2.06. The molecular weight excluding hydrogens is 287 g/mol. The third kappa shape index (κ3) is 3.13. The van der Waals surface area contributed by atoms with E-state index in [1.54, 1.807) is 24.3 Å². The van der Waals surface area contributed by atoms with E-state index in [1.807, 2.05) is 0 Å². The SMILES string of the molecule is O=Cc1ccccc1OC(=O)c1ccc(Cl)c(Cl)c1. The highest BCUT2D eigenvalue weighted by atomic mass is 35.5. The third-order valence-electron chi connectivity index (χ3n) is 2.40. The van der Waals surface area contributed by atoms with Crippen LogP contribution >= 0.6 is 23.2 Å². The molecule has 2 aromatic carbocycles. The molecule has 96 valence electrons. The minimum Gasteiger partial charge on any atom is -0.422 e. The van der Waals surface area contributed by atoms with Crippen LogP contribution in [0.1, 0.15) is 20.7 Å². The normalized spacial score (nSPS) is 10.0. The molecule has 0 unspecified atom stereocenters. The van der Waals surface area contributed by atoms with Gasteiger partial charge in [0.1, 0.15) is 5.75 Å². The van der Waals surface area contributed by atoms with E-state index in [0.29, 0.717) is 16.9 Å². The fourth-order valence-electron chi connectivity index (χ4n) is 1.45. The van der Waals surface area contributed by atoms with Gasteiger partial charge in [0.05, 0.1) is 21.2 Å². The lowest BCUT2D eigenvalue weighted by atomic mass is 10.2. The van der Waals surface area contributed by atoms with Crippen molar-refractivity contribution in [2.75, 3.05) is 0 Å². The summed E-state index contributed by atoms with van der Waals surface area (Å²) in [7, 11) is 0. The van der Waals surface area contributed by atoms with Crippen molar-refractivity contribution in [1.82, 2.24) is 0 Å². The number of hydrogen-bond acceptors (Lipinski definition) is 3. The summed E-state index contributed by atoms with van der Waals surface area (Å²) in [5.41, 5.74) is 0.561. The van der Waals surface area contributed by atoms with E-state index in [2.05, 4.69) is 0 Å². The molecule has 0 radical (unpaired) electrons. The van der Waals surface area contributed by atoms with Gasteiger partial charge in [-0.3, -0.25) is 4.79 Å². The van der Waals surface area contributed by atoms with Crippen molar-refractivity contribution in [1.29, 1.82) is 0 Å². The zero-order chi connectivity index (χ0) is 13.8. The highest BCUT2D eigenvalue weighted by Gasteiger charge is 2.12. The van der Waals surface area contributed by atoms with Crippen molar-refractivity contribution in [2.45, 2.75) is 0 Å². The average Bonchev–Trinajstić information content (AvgIpc) is 2.42. The molecule has 0 bridgehead atoms. The molecule has 0 N–H and O–H groups in total. The summed E-state index contributed by atoms with van der Waals surface area (Å²) in [5.74, 6) is -0.401. The number of para-hydroxylation sites is 1. The van der Waals surface area contributed by atoms with Crippen LogP contribution in [-0.2, 0) is 0 Å². The van der Waals surface area contributed by atoms with Crippen LogP contribution in [-0.4, -0.2) is 12.3 Å². The molecule has 3 nitrogen and oxygen atoms in total. The van der Waals surface area contributed by atoms with Crippen LogP contribution < -0.4 is 4.74 Å². The molecule has 0 heterocycles. The fraction of sp³-hybridized carbons (Fsp3) is 0. The Morgan fingerprint density at radius 3 is 2.47 bits per heavy atom. The molecule has 0 saturated heterocycles. The summed E-state index contributed by atoms with van der Waals surface area (Å²) in [6.07, 6.45) is 0.622. The molecule has 19 heavy (non-hydrogen) atoms. The fourth-order valence-corrected chi connectivity index (χ4v) is 1.75. The van der Waals surface area contributed by atoms with Gasteiger partial charge in [-0.1, -0.05) is 35.3 Å². The summed E-state index contributed by atoms with van der Waals surface area (Å²) in [5, 5.41) is 0.617. The third-order valence-corrected chi connectivity index (χ3v) is 3.14. The molecule has 0 aliphatic heterocycles. The molecule has 2 aromatic rings. The Balaban J connectivity index is 2.25. The second-order valence-electron chi connectivity index (χ2n) is 3.67. The summed E-state index contributed by atoms with van der Waals surface area (Å²) in [4.78, 5) is 22.7. The van der Waals surface area contributed by atoms with Crippen LogP contribution in [0.5, 0.6) is 5.75 Å². The molecule has 2 rings (SSSR count). The first-order chi connectivity index (χ1) is 9.11. The van der Waals surface area contributed by atoms with Crippen molar-refractivity contribution < 1.29 is 14.3 Å². The smallest absolute Gasteiger partial charge is 0.343 e. The number of esters is 1. The second kappa shape index (κ2) is 5.87. The van der Waals surface area contributed by atoms with Crippen molar-refractivity contribution in [2.24, 2.45) is 0 Å². The van der Waals surface area contributed by atoms with Crippen LogP contribution in [0, 0.1) is 0 Å². The minimum absolute atomic E-state index is 0.202. The molecule has 0 amide bonds. The van der Waals surface area contributed by atoms with Gasteiger partial charge in [0.15, 0.2) is 6.29 Å². The predicted molar refractivity (Wildman–Crippen MR) is 73.3 cm³/mol.